The number of aryl methyl sites for hydroxylation is 2. The van der Waals surface area contributed by atoms with E-state index in [9.17, 15) is 14.4 Å². The predicted molar refractivity (Wildman–Crippen MR) is 123 cm³/mol. The van der Waals surface area contributed by atoms with E-state index in [4.69, 9.17) is 9.47 Å². The first kappa shape index (κ1) is 23.1. The van der Waals surface area contributed by atoms with Crippen LogP contribution in [-0.2, 0) is 14.3 Å². The summed E-state index contributed by atoms with van der Waals surface area (Å²) in [5.41, 5.74) is 3.10. The minimum atomic E-state index is -1.06. The second-order valence-electron chi connectivity index (χ2n) is 8.86. The van der Waals surface area contributed by atoms with Crippen LogP contribution in [0, 0.1) is 19.8 Å². The molecule has 2 aromatic rings. The zero-order valence-corrected chi connectivity index (χ0v) is 19.4. The normalized spacial score (nSPS) is 21.5. The third-order valence-corrected chi connectivity index (χ3v) is 6.69. The Hall–Kier alpha value is -3.03. The molecule has 2 atom stereocenters. The van der Waals surface area contributed by atoms with Crippen molar-refractivity contribution in [2.24, 2.45) is 5.92 Å². The molecule has 1 N–H and O–H groups in total. The number of carbonyl (C=O) groups is 3. The molecule has 2 aliphatic rings. The minimum Gasteiger partial charge on any atom is -0.496 e. The molecular weight excluding hydrogens is 420 g/mol. The molecule has 2 heterocycles. The van der Waals surface area contributed by atoms with E-state index >= 15 is 0 Å². The largest absolute Gasteiger partial charge is 0.496 e. The van der Waals surface area contributed by atoms with Crippen molar-refractivity contribution < 1.29 is 28.8 Å². The number of ketones is 2. The van der Waals surface area contributed by atoms with Gasteiger partial charge >= 0.3 is 0 Å². The number of hydrogen-bond donors (Lipinski definition) is 1. The molecule has 2 aliphatic heterocycles. The van der Waals surface area contributed by atoms with E-state index < -0.39 is 23.7 Å². The van der Waals surface area contributed by atoms with Crippen LogP contribution in [0.5, 0.6) is 5.75 Å². The maximum atomic E-state index is 13.6. The summed E-state index contributed by atoms with van der Waals surface area (Å²) in [6, 6.07) is 12.2. The number of carbonyl (C=O) groups excluding carboxylic acids is 3. The highest BCUT2D eigenvalue weighted by molar-refractivity contribution is 6.44. The van der Waals surface area contributed by atoms with Gasteiger partial charge in [-0.25, -0.2) is 0 Å². The van der Waals surface area contributed by atoms with Crippen LogP contribution in [0.25, 0.3) is 0 Å². The number of amides is 1. The first-order valence-electron chi connectivity index (χ1n) is 11.4. The maximum Gasteiger partial charge on any atom is 0.291 e. The van der Waals surface area contributed by atoms with Crippen molar-refractivity contribution >= 4 is 17.5 Å². The smallest absolute Gasteiger partial charge is 0.291 e. The van der Waals surface area contributed by atoms with Gasteiger partial charge in [-0.3, -0.25) is 14.4 Å². The third kappa shape index (κ3) is 4.70. The number of benzene rings is 2. The lowest BCUT2D eigenvalue weighted by Crippen LogP contribution is -3.14. The molecule has 4 rings (SSSR count). The Kier molecular flexibility index (Phi) is 6.91. The molecule has 1 amide bonds. The van der Waals surface area contributed by atoms with Crippen molar-refractivity contribution in [1.29, 1.82) is 0 Å². The Labute approximate surface area is 194 Å². The number of quaternary nitrogens is 1. The summed E-state index contributed by atoms with van der Waals surface area (Å²) >= 11 is 0. The van der Waals surface area contributed by atoms with Gasteiger partial charge in [-0.1, -0.05) is 29.8 Å². The first-order chi connectivity index (χ1) is 15.9. The first-order valence-corrected chi connectivity index (χ1v) is 11.4. The molecule has 2 unspecified atom stereocenters. The number of methoxy groups -OCH3 is 1. The number of rotatable bonds is 7. The number of ether oxygens (including phenoxy) is 2. The van der Waals surface area contributed by atoms with Crippen LogP contribution in [-0.4, -0.2) is 68.9 Å². The zero-order chi connectivity index (χ0) is 23.5. The molecule has 0 saturated carbocycles. The van der Waals surface area contributed by atoms with Crippen molar-refractivity contribution in [2.75, 3.05) is 46.5 Å². The van der Waals surface area contributed by atoms with Crippen molar-refractivity contribution in [1.82, 2.24) is 4.90 Å². The Morgan fingerprint density at radius 1 is 1.09 bits per heavy atom. The van der Waals surface area contributed by atoms with Crippen molar-refractivity contribution in [3.8, 4) is 5.75 Å². The summed E-state index contributed by atoms with van der Waals surface area (Å²) in [6.45, 7) is 8.11. The van der Waals surface area contributed by atoms with Crippen LogP contribution in [0.4, 0.5) is 0 Å². The van der Waals surface area contributed by atoms with Crippen molar-refractivity contribution in [2.45, 2.75) is 19.9 Å². The van der Waals surface area contributed by atoms with Gasteiger partial charge in [-0.15, -0.1) is 0 Å². The van der Waals surface area contributed by atoms with Crippen molar-refractivity contribution in [3.63, 3.8) is 0 Å². The lowest BCUT2D eigenvalue weighted by Gasteiger charge is -2.30. The summed E-state index contributed by atoms with van der Waals surface area (Å²) < 4.78 is 10.7. The maximum absolute atomic E-state index is 13.6. The fraction of sp³-hybridized carbons (Fsp3) is 0.423. The molecular formula is C26H31N2O5+. The lowest BCUT2D eigenvalue weighted by molar-refractivity contribution is -0.907. The zero-order valence-electron chi connectivity index (χ0n) is 19.4. The van der Waals surface area contributed by atoms with E-state index in [1.54, 1.807) is 30.2 Å². The molecule has 0 radical (unpaired) electrons. The number of nitrogens with zero attached hydrogens (tertiary/aromatic N) is 1. The fourth-order valence-corrected chi connectivity index (χ4v) is 4.76. The van der Waals surface area contributed by atoms with Gasteiger partial charge in [0.15, 0.2) is 5.78 Å². The standard InChI is InChI=1S/C26H30N2O5/c1-17-4-6-19(7-5-17)23-22(24(29)20-8-9-21(32-3)18(2)16-20)25(30)26(31)28(23)11-10-27-12-14-33-15-13-27/h4-9,16,22-23H,10-15H2,1-3H3/p+1. The van der Waals surface area contributed by atoms with Crippen LogP contribution in [0.15, 0.2) is 42.5 Å². The monoisotopic (exact) mass is 451 g/mol. The van der Waals surface area contributed by atoms with E-state index in [0.29, 0.717) is 37.6 Å². The number of morpholine rings is 1. The van der Waals surface area contributed by atoms with Gasteiger partial charge in [-0.2, -0.15) is 0 Å². The van der Waals surface area contributed by atoms with Crippen LogP contribution in [0.2, 0.25) is 0 Å². The Balaban J connectivity index is 1.67. The van der Waals surface area contributed by atoms with E-state index in [1.165, 1.54) is 4.90 Å². The average Bonchev–Trinajstić information content (AvgIpc) is 3.08. The fourth-order valence-electron chi connectivity index (χ4n) is 4.76. The molecule has 0 bridgehead atoms. The van der Waals surface area contributed by atoms with Gasteiger partial charge < -0.3 is 19.3 Å². The molecule has 2 saturated heterocycles. The van der Waals surface area contributed by atoms with Crippen LogP contribution >= 0.6 is 0 Å². The van der Waals surface area contributed by atoms with Crippen LogP contribution < -0.4 is 9.64 Å². The molecule has 7 nitrogen and oxygen atoms in total. The lowest BCUT2D eigenvalue weighted by atomic mass is 9.85. The van der Waals surface area contributed by atoms with E-state index in [1.807, 2.05) is 38.1 Å². The summed E-state index contributed by atoms with van der Waals surface area (Å²) in [4.78, 5) is 42.8. The predicted octanol–water partition coefficient (Wildman–Crippen LogP) is 1.18. The highest BCUT2D eigenvalue weighted by atomic mass is 16.5. The average molecular weight is 452 g/mol. The molecule has 174 valence electrons. The van der Waals surface area contributed by atoms with E-state index in [-0.39, 0.29) is 5.78 Å². The molecule has 2 fully saturated rings. The second kappa shape index (κ2) is 9.85. The molecule has 7 heteroatoms. The van der Waals surface area contributed by atoms with Gasteiger partial charge in [0.05, 0.1) is 39.5 Å². The Morgan fingerprint density at radius 3 is 2.42 bits per heavy atom. The van der Waals surface area contributed by atoms with Gasteiger partial charge in [0.1, 0.15) is 24.8 Å². The van der Waals surface area contributed by atoms with Gasteiger partial charge in [0.25, 0.3) is 5.91 Å². The number of Topliss-reactive ketones (excluding diaryl/α,β-unsaturated/α-hetero) is 2. The SMILES string of the molecule is COc1ccc(C(=O)C2C(=O)C(=O)N(CC[NH+]3CCOCC3)C2c2ccc(C)cc2)cc1C. The third-order valence-electron chi connectivity index (χ3n) is 6.69. The summed E-state index contributed by atoms with van der Waals surface area (Å²) in [6.07, 6.45) is 0. The number of nitrogens with one attached hydrogen (secondary N) is 1. The quantitative estimate of drug-likeness (QED) is 0.389. The highest BCUT2D eigenvalue weighted by Crippen LogP contribution is 2.38. The molecule has 0 spiro atoms. The molecule has 0 aromatic heterocycles. The van der Waals surface area contributed by atoms with Gasteiger partial charge in [0, 0.05) is 5.56 Å². The number of hydrogen-bond acceptors (Lipinski definition) is 5. The van der Waals surface area contributed by atoms with Crippen molar-refractivity contribution in [3.05, 3.63) is 64.7 Å². The Bertz CT molecular complexity index is 1040. The summed E-state index contributed by atoms with van der Waals surface area (Å²) in [5, 5.41) is 0. The minimum absolute atomic E-state index is 0.328. The van der Waals surface area contributed by atoms with Crippen LogP contribution in [0.1, 0.15) is 33.1 Å². The summed E-state index contributed by atoms with van der Waals surface area (Å²) in [5.74, 6) is -1.92. The van der Waals surface area contributed by atoms with Crippen LogP contribution in [0.3, 0.4) is 0 Å². The second-order valence-corrected chi connectivity index (χ2v) is 8.86. The Morgan fingerprint density at radius 2 is 1.79 bits per heavy atom. The summed E-state index contributed by atoms with van der Waals surface area (Å²) in [7, 11) is 1.57. The molecule has 0 aliphatic carbocycles. The van der Waals surface area contributed by atoms with Gasteiger partial charge in [0.2, 0.25) is 5.78 Å². The topological polar surface area (TPSA) is 77.4 Å². The molecule has 33 heavy (non-hydrogen) atoms. The van der Waals surface area contributed by atoms with E-state index in [2.05, 4.69) is 0 Å². The number of likely N-dealkylation sites (tertiary alicyclic amines) is 1. The molecule has 2 aromatic carbocycles. The highest BCUT2D eigenvalue weighted by Gasteiger charge is 2.51. The van der Waals surface area contributed by atoms with Gasteiger partial charge in [-0.05, 0) is 43.2 Å². The van der Waals surface area contributed by atoms with E-state index in [0.717, 1.165) is 29.8 Å².